The van der Waals surface area contributed by atoms with E-state index in [2.05, 4.69) is 20.5 Å². The molecule has 108 valence electrons. The van der Waals surface area contributed by atoms with Crippen LogP contribution in [0.5, 0.6) is 0 Å². The summed E-state index contributed by atoms with van der Waals surface area (Å²) in [6.07, 6.45) is 0. The van der Waals surface area contributed by atoms with Gasteiger partial charge in [-0.3, -0.25) is 4.98 Å². The van der Waals surface area contributed by atoms with Crippen molar-refractivity contribution in [2.75, 3.05) is 5.32 Å². The van der Waals surface area contributed by atoms with E-state index in [0.717, 1.165) is 32.3 Å². The minimum absolute atomic E-state index is 0.278. The van der Waals surface area contributed by atoms with E-state index in [1.54, 1.807) is 6.07 Å². The number of benzene rings is 1. The van der Waals surface area contributed by atoms with Crippen molar-refractivity contribution in [3.8, 4) is 10.6 Å². The number of hydrogen-bond donors (Lipinski definition) is 1. The van der Waals surface area contributed by atoms with Gasteiger partial charge in [0.1, 0.15) is 10.8 Å². The van der Waals surface area contributed by atoms with E-state index in [9.17, 15) is 4.39 Å². The summed E-state index contributed by atoms with van der Waals surface area (Å²) in [6.45, 7) is 6.01. The van der Waals surface area contributed by atoms with Crippen LogP contribution in [0.1, 0.15) is 19.5 Å². The molecule has 6 heteroatoms. The monoisotopic (exact) mass is 302 g/mol. The van der Waals surface area contributed by atoms with Crippen molar-refractivity contribution in [3.05, 3.63) is 35.8 Å². The number of pyridine rings is 1. The molecule has 1 N–H and O–H groups in total. The largest absolute Gasteiger partial charge is 0.358 e. The molecule has 3 aromatic rings. The number of fused-ring (bicyclic) bond motifs is 1. The standard InChI is InChI=1S/C15H15FN4S/c1-8(2)17-15-20-19-14(21-15)12-6-9(3)18-13-5-4-10(16)7-11(12)13/h4-8H,1-3H3,(H,17,20). The van der Waals surface area contributed by atoms with Crippen LogP contribution in [0.15, 0.2) is 24.3 Å². The van der Waals surface area contributed by atoms with E-state index in [-0.39, 0.29) is 5.82 Å². The summed E-state index contributed by atoms with van der Waals surface area (Å²) in [4.78, 5) is 4.43. The van der Waals surface area contributed by atoms with E-state index in [0.29, 0.717) is 6.04 Å². The van der Waals surface area contributed by atoms with Gasteiger partial charge in [-0.25, -0.2) is 4.39 Å². The normalized spacial score (nSPS) is 11.3. The minimum Gasteiger partial charge on any atom is -0.358 e. The smallest absolute Gasteiger partial charge is 0.206 e. The van der Waals surface area contributed by atoms with Crippen LogP contribution in [0.3, 0.4) is 0 Å². The molecule has 21 heavy (non-hydrogen) atoms. The highest BCUT2D eigenvalue weighted by Gasteiger charge is 2.13. The number of hydrogen-bond acceptors (Lipinski definition) is 5. The summed E-state index contributed by atoms with van der Waals surface area (Å²) >= 11 is 1.46. The van der Waals surface area contributed by atoms with Crippen LogP contribution in [0.25, 0.3) is 21.5 Å². The van der Waals surface area contributed by atoms with Crippen LogP contribution in [-0.4, -0.2) is 21.2 Å². The van der Waals surface area contributed by atoms with Gasteiger partial charge >= 0.3 is 0 Å². The van der Waals surface area contributed by atoms with Crippen LogP contribution in [0.2, 0.25) is 0 Å². The summed E-state index contributed by atoms with van der Waals surface area (Å²) in [5.74, 6) is -0.278. The Bertz CT molecular complexity index is 797. The minimum atomic E-state index is -0.278. The molecular weight excluding hydrogens is 287 g/mol. The third-order valence-electron chi connectivity index (χ3n) is 2.97. The zero-order valence-corrected chi connectivity index (χ0v) is 12.8. The van der Waals surface area contributed by atoms with Gasteiger partial charge in [-0.1, -0.05) is 11.3 Å². The fourth-order valence-corrected chi connectivity index (χ4v) is 3.06. The van der Waals surface area contributed by atoms with Gasteiger partial charge in [-0.2, -0.15) is 0 Å². The average Bonchev–Trinajstić information content (AvgIpc) is 2.86. The lowest BCUT2D eigenvalue weighted by Gasteiger charge is -2.05. The fourth-order valence-electron chi connectivity index (χ4n) is 2.14. The van der Waals surface area contributed by atoms with Gasteiger partial charge in [0, 0.05) is 22.7 Å². The van der Waals surface area contributed by atoms with Crippen LogP contribution in [0.4, 0.5) is 9.52 Å². The van der Waals surface area contributed by atoms with Gasteiger partial charge in [0.05, 0.1) is 5.52 Å². The molecule has 2 aromatic heterocycles. The third-order valence-corrected chi connectivity index (χ3v) is 3.85. The quantitative estimate of drug-likeness (QED) is 0.794. The summed E-state index contributed by atoms with van der Waals surface area (Å²) in [5.41, 5.74) is 2.50. The maximum absolute atomic E-state index is 13.5. The lowest BCUT2D eigenvalue weighted by Crippen LogP contribution is -2.08. The Morgan fingerprint density at radius 1 is 1.19 bits per heavy atom. The number of anilines is 1. The van der Waals surface area contributed by atoms with E-state index in [1.807, 2.05) is 26.8 Å². The summed E-state index contributed by atoms with van der Waals surface area (Å²) in [5, 5.41) is 13.9. The predicted molar refractivity (Wildman–Crippen MR) is 84.1 cm³/mol. The van der Waals surface area contributed by atoms with Crippen LogP contribution in [0, 0.1) is 12.7 Å². The lowest BCUT2D eigenvalue weighted by atomic mass is 10.1. The number of halogens is 1. The molecule has 3 rings (SSSR count). The molecule has 0 saturated heterocycles. The van der Waals surface area contributed by atoms with Crippen molar-refractivity contribution in [1.82, 2.24) is 15.2 Å². The topological polar surface area (TPSA) is 50.7 Å². The van der Waals surface area contributed by atoms with Gasteiger partial charge in [0.15, 0.2) is 0 Å². The Hall–Kier alpha value is -2.08. The van der Waals surface area contributed by atoms with Gasteiger partial charge in [0.2, 0.25) is 5.13 Å². The molecule has 0 bridgehead atoms. The molecule has 1 aromatic carbocycles. The number of rotatable bonds is 3. The molecule has 0 atom stereocenters. The van der Waals surface area contributed by atoms with Crippen molar-refractivity contribution in [1.29, 1.82) is 0 Å². The highest BCUT2D eigenvalue weighted by Crippen LogP contribution is 2.32. The van der Waals surface area contributed by atoms with Crippen molar-refractivity contribution in [3.63, 3.8) is 0 Å². The maximum Gasteiger partial charge on any atom is 0.206 e. The van der Waals surface area contributed by atoms with Gasteiger partial charge in [-0.15, -0.1) is 10.2 Å². The van der Waals surface area contributed by atoms with Crippen LogP contribution < -0.4 is 5.32 Å². The highest BCUT2D eigenvalue weighted by atomic mass is 32.1. The Labute approximate surface area is 126 Å². The molecule has 0 fully saturated rings. The van der Waals surface area contributed by atoms with Gasteiger partial charge in [0.25, 0.3) is 0 Å². The van der Waals surface area contributed by atoms with Crippen molar-refractivity contribution in [2.24, 2.45) is 0 Å². The zero-order chi connectivity index (χ0) is 15.0. The zero-order valence-electron chi connectivity index (χ0n) is 12.0. The highest BCUT2D eigenvalue weighted by molar-refractivity contribution is 7.18. The molecule has 0 aliphatic rings. The molecule has 0 radical (unpaired) electrons. The first kappa shape index (κ1) is 13.9. The van der Waals surface area contributed by atoms with Gasteiger partial charge in [-0.05, 0) is 45.0 Å². The summed E-state index contributed by atoms with van der Waals surface area (Å²) < 4.78 is 13.5. The van der Waals surface area contributed by atoms with Crippen molar-refractivity contribution >= 4 is 27.4 Å². The number of aryl methyl sites for hydroxylation is 1. The molecule has 0 spiro atoms. The molecule has 0 aliphatic heterocycles. The van der Waals surface area contributed by atoms with Crippen LogP contribution >= 0.6 is 11.3 Å². The predicted octanol–water partition coefficient (Wildman–Crippen LogP) is 4.02. The Balaban J connectivity index is 2.14. The third kappa shape index (κ3) is 2.85. The lowest BCUT2D eigenvalue weighted by molar-refractivity contribution is 0.629. The molecule has 0 aliphatic carbocycles. The van der Waals surface area contributed by atoms with E-state index in [4.69, 9.17) is 0 Å². The first-order chi connectivity index (χ1) is 10.0. The first-order valence-corrected chi connectivity index (χ1v) is 7.52. The molecule has 0 saturated carbocycles. The van der Waals surface area contributed by atoms with Crippen molar-refractivity contribution < 1.29 is 4.39 Å². The summed E-state index contributed by atoms with van der Waals surface area (Å²) in [6, 6.07) is 6.81. The second-order valence-corrected chi connectivity index (χ2v) is 6.16. The van der Waals surface area contributed by atoms with E-state index >= 15 is 0 Å². The Kier molecular flexibility index (Phi) is 3.55. The second-order valence-electron chi connectivity index (χ2n) is 5.18. The van der Waals surface area contributed by atoms with E-state index in [1.165, 1.54) is 23.5 Å². The second kappa shape index (κ2) is 5.37. The molecule has 2 heterocycles. The molecule has 0 amide bonds. The van der Waals surface area contributed by atoms with Crippen molar-refractivity contribution in [2.45, 2.75) is 26.8 Å². The molecule has 4 nitrogen and oxygen atoms in total. The van der Waals surface area contributed by atoms with Gasteiger partial charge < -0.3 is 5.32 Å². The summed E-state index contributed by atoms with van der Waals surface area (Å²) in [7, 11) is 0. The maximum atomic E-state index is 13.5. The molecule has 0 unspecified atom stereocenters. The SMILES string of the molecule is Cc1cc(-c2nnc(NC(C)C)s2)c2cc(F)ccc2n1. The average molecular weight is 302 g/mol. The van der Waals surface area contributed by atoms with Crippen LogP contribution in [-0.2, 0) is 0 Å². The number of aromatic nitrogens is 3. The molecular formula is C15H15FN4S. The Morgan fingerprint density at radius 3 is 2.76 bits per heavy atom. The van der Waals surface area contributed by atoms with E-state index < -0.39 is 0 Å². The Morgan fingerprint density at radius 2 is 2.00 bits per heavy atom. The number of nitrogens with zero attached hydrogens (tertiary/aromatic N) is 3. The first-order valence-electron chi connectivity index (χ1n) is 6.70. The number of nitrogens with one attached hydrogen (secondary N) is 1. The fraction of sp³-hybridized carbons (Fsp3) is 0.267.